The van der Waals surface area contributed by atoms with Crippen molar-refractivity contribution >= 4 is 17.9 Å². The van der Waals surface area contributed by atoms with E-state index in [1.165, 1.54) is 0 Å². The van der Waals surface area contributed by atoms with Gasteiger partial charge in [-0.1, -0.05) is 12.2 Å². The van der Waals surface area contributed by atoms with Gasteiger partial charge in [-0.3, -0.25) is 14.4 Å². The van der Waals surface area contributed by atoms with E-state index in [2.05, 4.69) is 16.9 Å². The number of allylic oxidation sites excluding steroid dienone is 2. The van der Waals surface area contributed by atoms with Crippen molar-refractivity contribution in [1.29, 1.82) is 0 Å². The summed E-state index contributed by atoms with van der Waals surface area (Å²) in [6.45, 7) is -1.70. The third kappa shape index (κ3) is 3.63. The monoisotopic (exact) mass is 442 g/mol. The SMILES string of the molecule is O=C(OC1C2CC3C1OC(=O)C3C2C(=O)OCC(F)(F)F)C1CCC2CC=CCC2C1. The van der Waals surface area contributed by atoms with Gasteiger partial charge in [0.15, 0.2) is 6.61 Å². The number of hydrogen-bond donors (Lipinski definition) is 0. The maximum absolute atomic E-state index is 12.9. The van der Waals surface area contributed by atoms with Gasteiger partial charge in [-0.2, -0.15) is 13.2 Å². The second-order valence-electron chi connectivity index (χ2n) is 9.61. The van der Waals surface area contributed by atoms with Crippen LogP contribution < -0.4 is 0 Å². The summed E-state index contributed by atoms with van der Waals surface area (Å²) in [6, 6.07) is 0. The Morgan fingerprint density at radius 2 is 1.77 bits per heavy atom. The van der Waals surface area contributed by atoms with Gasteiger partial charge >= 0.3 is 24.1 Å². The molecule has 3 saturated carbocycles. The summed E-state index contributed by atoms with van der Waals surface area (Å²) >= 11 is 0. The van der Waals surface area contributed by atoms with Crippen LogP contribution in [0.1, 0.15) is 38.5 Å². The molecule has 0 N–H and O–H groups in total. The maximum atomic E-state index is 12.9. The third-order valence-corrected chi connectivity index (χ3v) is 7.97. The number of ether oxygens (including phenoxy) is 3. The van der Waals surface area contributed by atoms with Crippen LogP contribution in [-0.2, 0) is 28.6 Å². The molecular formula is C22H25F3O6. The van der Waals surface area contributed by atoms with Gasteiger partial charge in [0.05, 0.1) is 17.8 Å². The van der Waals surface area contributed by atoms with Gasteiger partial charge in [-0.15, -0.1) is 0 Å². The molecule has 1 heterocycles. The molecule has 0 spiro atoms. The van der Waals surface area contributed by atoms with Crippen molar-refractivity contribution in [2.75, 3.05) is 6.61 Å². The van der Waals surface area contributed by atoms with Gasteiger partial charge in [0.1, 0.15) is 12.2 Å². The van der Waals surface area contributed by atoms with Crippen molar-refractivity contribution < 1.29 is 41.8 Å². The van der Waals surface area contributed by atoms with Gasteiger partial charge in [-0.05, 0) is 50.4 Å². The average Bonchev–Trinajstić information content (AvgIpc) is 3.35. The average molecular weight is 442 g/mol. The summed E-state index contributed by atoms with van der Waals surface area (Å²) in [6.07, 6.45) is 3.13. The molecule has 31 heavy (non-hydrogen) atoms. The standard InChI is InChI=1S/C22H25F3O6/c23-22(24,25)9-29-20(27)15-13-8-14-16(15)21(28)31-18(14)17(13)30-19(26)12-6-5-10-3-1-2-4-11(10)7-12/h1-2,10-18H,3-9H2. The molecule has 4 aliphatic carbocycles. The molecule has 0 aromatic rings. The van der Waals surface area contributed by atoms with E-state index in [-0.39, 0.29) is 17.8 Å². The number of carbonyl (C=O) groups excluding carboxylic acids is 3. The molecule has 0 amide bonds. The second kappa shape index (κ2) is 7.52. The lowest BCUT2D eigenvalue weighted by molar-refractivity contribution is -0.193. The van der Waals surface area contributed by atoms with E-state index >= 15 is 0 Å². The Balaban J connectivity index is 1.27. The van der Waals surface area contributed by atoms with Crippen molar-refractivity contribution in [3.63, 3.8) is 0 Å². The van der Waals surface area contributed by atoms with Gasteiger partial charge in [0, 0.05) is 11.8 Å². The highest BCUT2D eigenvalue weighted by molar-refractivity contribution is 5.86. The molecule has 9 atom stereocenters. The predicted molar refractivity (Wildman–Crippen MR) is 98.0 cm³/mol. The molecule has 170 valence electrons. The third-order valence-electron chi connectivity index (χ3n) is 7.97. The lowest BCUT2D eigenvalue weighted by Gasteiger charge is -2.37. The topological polar surface area (TPSA) is 78.9 Å². The second-order valence-corrected chi connectivity index (χ2v) is 9.61. The molecule has 0 aromatic carbocycles. The number of alkyl halides is 3. The highest BCUT2D eigenvalue weighted by atomic mass is 19.4. The smallest absolute Gasteiger partial charge is 0.422 e. The number of carbonyl (C=O) groups is 3. The summed E-state index contributed by atoms with van der Waals surface area (Å²) in [5, 5.41) is 0. The largest absolute Gasteiger partial charge is 0.458 e. The van der Waals surface area contributed by atoms with Crippen LogP contribution in [0.4, 0.5) is 13.2 Å². The Labute approximate surface area is 177 Å². The van der Waals surface area contributed by atoms with E-state index in [9.17, 15) is 27.6 Å². The number of rotatable bonds is 4. The first-order valence-electron chi connectivity index (χ1n) is 11.0. The highest BCUT2D eigenvalue weighted by Gasteiger charge is 2.70. The van der Waals surface area contributed by atoms with Crippen LogP contribution in [0.5, 0.6) is 0 Å². The van der Waals surface area contributed by atoms with Crippen LogP contribution in [0.3, 0.4) is 0 Å². The van der Waals surface area contributed by atoms with Gasteiger partial charge in [0.25, 0.3) is 0 Å². The van der Waals surface area contributed by atoms with Crippen molar-refractivity contribution in [1.82, 2.24) is 0 Å². The minimum Gasteiger partial charge on any atom is -0.458 e. The highest BCUT2D eigenvalue weighted by Crippen LogP contribution is 2.59. The minimum absolute atomic E-state index is 0.240. The molecule has 0 aromatic heterocycles. The molecule has 4 fully saturated rings. The Morgan fingerprint density at radius 1 is 1.03 bits per heavy atom. The summed E-state index contributed by atoms with van der Waals surface area (Å²) in [4.78, 5) is 37.7. The van der Waals surface area contributed by atoms with Crippen molar-refractivity contribution in [2.45, 2.75) is 56.9 Å². The minimum atomic E-state index is -4.65. The van der Waals surface area contributed by atoms with Crippen molar-refractivity contribution in [2.24, 2.45) is 41.4 Å². The van der Waals surface area contributed by atoms with Crippen LogP contribution in [0.2, 0.25) is 0 Å². The Hall–Kier alpha value is -2.06. The van der Waals surface area contributed by atoms with Crippen LogP contribution in [0.15, 0.2) is 12.2 Å². The molecule has 1 saturated heterocycles. The zero-order chi connectivity index (χ0) is 21.9. The van der Waals surface area contributed by atoms with E-state index in [4.69, 9.17) is 9.47 Å². The molecule has 9 heteroatoms. The van der Waals surface area contributed by atoms with Crippen LogP contribution in [0.25, 0.3) is 0 Å². The first-order valence-corrected chi connectivity index (χ1v) is 11.0. The van der Waals surface area contributed by atoms with Crippen LogP contribution >= 0.6 is 0 Å². The molecule has 6 nitrogen and oxygen atoms in total. The first-order chi connectivity index (χ1) is 14.7. The number of hydrogen-bond acceptors (Lipinski definition) is 6. The normalized spacial score (nSPS) is 42.8. The molecule has 5 aliphatic rings. The maximum Gasteiger partial charge on any atom is 0.422 e. The molecule has 5 rings (SSSR count). The molecule has 9 unspecified atom stereocenters. The summed E-state index contributed by atoms with van der Waals surface area (Å²) in [5.41, 5.74) is 0. The fourth-order valence-corrected chi connectivity index (χ4v) is 6.63. The van der Waals surface area contributed by atoms with Crippen LogP contribution in [-0.4, -0.2) is 42.9 Å². The molecule has 1 aliphatic heterocycles. The predicted octanol–water partition coefficient (Wildman–Crippen LogP) is 3.19. The lowest BCUT2D eigenvalue weighted by atomic mass is 9.69. The molecule has 0 radical (unpaired) electrons. The quantitative estimate of drug-likeness (QED) is 0.378. The number of esters is 3. The fraction of sp³-hybridized carbons (Fsp3) is 0.773. The Bertz CT molecular complexity index is 808. The van der Waals surface area contributed by atoms with E-state index in [0.29, 0.717) is 18.3 Å². The van der Waals surface area contributed by atoms with Crippen molar-refractivity contribution in [3.05, 3.63) is 12.2 Å². The fourth-order valence-electron chi connectivity index (χ4n) is 6.63. The Kier molecular flexibility index (Phi) is 5.05. The lowest BCUT2D eigenvalue weighted by Crippen LogP contribution is -2.45. The summed E-state index contributed by atoms with van der Waals surface area (Å²) < 4.78 is 53.1. The van der Waals surface area contributed by atoms with Crippen molar-refractivity contribution in [3.8, 4) is 0 Å². The zero-order valence-corrected chi connectivity index (χ0v) is 16.9. The Morgan fingerprint density at radius 3 is 2.52 bits per heavy atom. The van der Waals surface area contributed by atoms with Crippen LogP contribution in [0, 0.1) is 41.4 Å². The van der Waals surface area contributed by atoms with E-state index in [1.54, 1.807) is 0 Å². The number of halogens is 3. The molecule has 2 bridgehead atoms. The van der Waals surface area contributed by atoms with E-state index in [0.717, 1.165) is 32.1 Å². The summed E-state index contributed by atoms with van der Waals surface area (Å²) in [5.74, 6) is -3.96. The van der Waals surface area contributed by atoms with E-state index < -0.39 is 54.7 Å². The zero-order valence-electron chi connectivity index (χ0n) is 16.9. The number of fused-ring (bicyclic) bond motifs is 2. The van der Waals surface area contributed by atoms with E-state index in [1.807, 2.05) is 0 Å². The van der Waals surface area contributed by atoms with Gasteiger partial charge < -0.3 is 14.2 Å². The van der Waals surface area contributed by atoms with Gasteiger partial charge in [-0.25, -0.2) is 0 Å². The summed E-state index contributed by atoms with van der Waals surface area (Å²) in [7, 11) is 0. The molecular weight excluding hydrogens is 417 g/mol. The van der Waals surface area contributed by atoms with Gasteiger partial charge in [0.2, 0.25) is 0 Å². The first kappa shape index (κ1) is 20.8.